The van der Waals surface area contributed by atoms with Crippen LogP contribution >= 0.6 is 0 Å². The molecule has 0 spiro atoms. The fourth-order valence-corrected chi connectivity index (χ4v) is 8.92. The first-order valence-electron chi connectivity index (χ1n) is 22.5. The van der Waals surface area contributed by atoms with Crippen LogP contribution in [0.25, 0.3) is 94.7 Å². The molecule has 3 aromatic heterocycles. The van der Waals surface area contributed by atoms with Gasteiger partial charge in [-0.2, -0.15) is 0 Å². The molecule has 0 unspecified atom stereocenters. The molecule has 0 fully saturated rings. The van der Waals surface area contributed by atoms with Crippen molar-refractivity contribution in [3.8, 4) is 67.5 Å². The summed E-state index contributed by atoms with van der Waals surface area (Å²) >= 11 is 0. The van der Waals surface area contributed by atoms with Gasteiger partial charge >= 0.3 is 0 Å². The zero-order valence-corrected chi connectivity index (χ0v) is 37.3. The third kappa shape index (κ3) is 7.03. The van der Waals surface area contributed by atoms with Crippen molar-refractivity contribution < 1.29 is 34.7 Å². The van der Waals surface area contributed by atoms with Crippen LogP contribution < -0.4 is 0 Å². The molecule has 0 aliphatic rings. The fraction of sp³-hybridized carbons (Fsp3) is 0.0690. The van der Waals surface area contributed by atoms with Gasteiger partial charge in [-0.05, 0) is 82.5 Å². The normalized spacial score (nSPS) is 12.5. The Morgan fingerprint density at radius 3 is 2.14 bits per heavy atom. The number of para-hydroxylation sites is 3. The number of pyridine rings is 1. The van der Waals surface area contributed by atoms with Crippen molar-refractivity contribution in [1.29, 1.82) is 0 Å². The molecule has 3 heterocycles. The molecular weight excluding hydrogens is 966 g/mol. The Kier molecular flexibility index (Phi) is 9.55. The molecule has 11 aromatic rings. The average Bonchev–Trinajstić information content (AvgIpc) is 3.93. The van der Waals surface area contributed by atoms with Crippen LogP contribution in [0.1, 0.15) is 34.7 Å². The first kappa shape index (κ1) is 37.2. The number of phenolic OH excluding ortho intramolecular Hbond substituents is 1. The monoisotopic (exact) mass is 1010 g/mol. The van der Waals surface area contributed by atoms with Crippen LogP contribution in [0.5, 0.6) is 5.75 Å². The summed E-state index contributed by atoms with van der Waals surface area (Å²) in [5, 5.41) is 13.3. The summed E-state index contributed by atoms with van der Waals surface area (Å²) in [7, 11) is 0. The minimum Gasteiger partial charge on any atom is -0.507 e. The topological polar surface area (TPSA) is 64.1 Å². The molecule has 0 amide bonds. The summed E-state index contributed by atoms with van der Waals surface area (Å²) in [4.78, 5) is 10.3. The van der Waals surface area contributed by atoms with Gasteiger partial charge in [-0.3, -0.25) is 9.55 Å². The maximum atomic E-state index is 11.4. The molecule has 0 bridgehead atoms. The number of phenols is 1. The van der Waals surface area contributed by atoms with Crippen LogP contribution in [0.3, 0.4) is 0 Å². The maximum Gasteiger partial charge on any atom is 0.148 e. The number of hydrogen-bond donors (Lipinski definition) is 1. The molecule has 0 aliphatic heterocycles. The van der Waals surface area contributed by atoms with Gasteiger partial charge in [0.25, 0.3) is 0 Å². The minimum absolute atomic E-state index is 0. The number of hydrogen-bond acceptors (Lipinski definition) is 4. The Labute approximate surface area is 390 Å². The van der Waals surface area contributed by atoms with E-state index in [1.807, 2.05) is 108 Å². The summed E-state index contributed by atoms with van der Waals surface area (Å²) in [6, 6.07) is 65.5. The zero-order valence-electron chi connectivity index (χ0n) is 38.0. The molecule has 5 nitrogen and oxygen atoms in total. The van der Waals surface area contributed by atoms with E-state index in [0.29, 0.717) is 45.0 Å². The van der Waals surface area contributed by atoms with Gasteiger partial charge in [0, 0.05) is 53.4 Å². The number of aryl methyl sites for hydroxylation is 1. The van der Waals surface area contributed by atoms with Crippen molar-refractivity contribution in [3.63, 3.8) is 0 Å². The maximum absolute atomic E-state index is 11.4. The summed E-state index contributed by atoms with van der Waals surface area (Å²) in [6.07, 6.45) is 1.84. The number of aromatic hydroxyl groups is 1. The molecule has 6 heteroatoms. The first-order valence-corrected chi connectivity index (χ1v) is 21.0. The van der Waals surface area contributed by atoms with Gasteiger partial charge in [0.1, 0.15) is 17.2 Å². The Morgan fingerprint density at radius 2 is 1.34 bits per heavy atom. The number of rotatable bonds is 8. The molecule has 11 rings (SSSR count). The third-order valence-corrected chi connectivity index (χ3v) is 12.3. The molecule has 0 saturated carbocycles. The molecule has 0 atom stereocenters. The van der Waals surface area contributed by atoms with Gasteiger partial charge in [-0.1, -0.05) is 170 Å². The van der Waals surface area contributed by atoms with Crippen LogP contribution in [-0.4, -0.2) is 19.6 Å². The number of fused-ring (bicyclic) bond motifs is 4. The summed E-state index contributed by atoms with van der Waals surface area (Å²) in [5.74, 6) is 0.564. The Bertz CT molecular complexity index is 3620. The molecule has 0 aliphatic carbocycles. The van der Waals surface area contributed by atoms with E-state index < -0.39 is 6.85 Å². The Balaban J connectivity index is 0.00000525. The van der Waals surface area contributed by atoms with Crippen LogP contribution in [-0.2, 0) is 26.5 Å². The van der Waals surface area contributed by atoms with Crippen LogP contribution in [0.4, 0.5) is 0 Å². The Hall–Kier alpha value is -7.33. The number of aromatic nitrogens is 3. The predicted molar refractivity (Wildman–Crippen MR) is 257 cm³/mol. The first-order chi connectivity index (χ1) is 32.0. The van der Waals surface area contributed by atoms with Crippen molar-refractivity contribution in [2.24, 2.45) is 0 Å². The predicted octanol–water partition coefficient (Wildman–Crippen LogP) is 14.8. The SMILES string of the molecule is [2H]C([2H])([2H])c1ccc(-n2c(-c3ccccc3O)nc3c(-c4[c-]c(-c5cc(-c6ccc(C(C)(C)c7ccccc7)cc6)ccn5)c5oc6ccccc6c5c4)cccc32)c(-c2ccccc2)c1.[Pt]. The van der Waals surface area contributed by atoms with Gasteiger partial charge in [0.15, 0.2) is 0 Å². The zero-order chi connectivity index (χ0) is 45.2. The van der Waals surface area contributed by atoms with Crippen molar-refractivity contribution >= 4 is 33.0 Å². The van der Waals surface area contributed by atoms with Gasteiger partial charge in [-0.15, -0.1) is 17.7 Å². The largest absolute Gasteiger partial charge is 0.507 e. The van der Waals surface area contributed by atoms with Crippen molar-refractivity contribution in [1.82, 2.24) is 14.5 Å². The molecule has 0 radical (unpaired) electrons. The molecule has 1 N–H and O–H groups in total. The van der Waals surface area contributed by atoms with Gasteiger partial charge in [0.05, 0.1) is 27.9 Å². The molecular formula is C58H42N3O2Pt-. The van der Waals surface area contributed by atoms with Gasteiger partial charge in [-0.25, -0.2) is 4.98 Å². The summed E-state index contributed by atoms with van der Waals surface area (Å²) in [5.41, 5.74) is 13.3. The second-order valence-electron chi connectivity index (χ2n) is 16.5. The Morgan fingerprint density at radius 1 is 0.625 bits per heavy atom. The second kappa shape index (κ2) is 16.4. The molecule has 8 aromatic carbocycles. The average molecular weight is 1010 g/mol. The minimum atomic E-state index is -2.32. The van der Waals surface area contributed by atoms with E-state index in [9.17, 15) is 5.11 Å². The van der Waals surface area contributed by atoms with Crippen LogP contribution in [0.2, 0.25) is 0 Å². The third-order valence-electron chi connectivity index (χ3n) is 12.3. The van der Waals surface area contributed by atoms with Gasteiger partial charge < -0.3 is 9.52 Å². The van der Waals surface area contributed by atoms with Crippen molar-refractivity contribution in [3.05, 3.63) is 217 Å². The molecule has 64 heavy (non-hydrogen) atoms. The van der Waals surface area contributed by atoms with E-state index in [1.54, 1.807) is 24.3 Å². The smallest absolute Gasteiger partial charge is 0.148 e. The van der Waals surface area contributed by atoms with E-state index in [4.69, 9.17) is 18.5 Å². The van der Waals surface area contributed by atoms with E-state index in [2.05, 4.69) is 86.6 Å². The van der Waals surface area contributed by atoms with Crippen molar-refractivity contribution in [2.75, 3.05) is 0 Å². The number of nitrogens with zero attached hydrogens (tertiary/aromatic N) is 3. The summed E-state index contributed by atoms with van der Waals surface area (Å²) < 4.78 is 33.5. The van der Waals surface area contributed by atoms with Crippen LogP contribution in [0.15, 0.2) is 199 Å². The quantitative estimate of drug-likeness (QED) is 0.154. The molecule has 312 valence electrons. The summed E-state index contributed by atoms with van der Waals surface area (Å²) in [6.45, 7) is 2.18. The van der Waals surface area contributed by atoms with E-state index in [0.717, 1.165) is 49.7 Å². The van der Waals surface area contributed by atoms with Crippen LogP contribution in [0, 0.1) is 12.9 Å². The van der Waals surface area contributed by atoms with Gasteiger partial charge in [0.2, 0.25) is 0 Å². The second-order valence-corrected chi connectivity index (χ2v) is 16.5. The fourth-order valence-electron chi connectivity index (χ4n) is 8.92. The molecule has 0 saturated heterocycles. The number of imidazole rings is 1. The van der Waals surface area contributed by atoms with E-state index in [1.165, 1.54) is 11.1 Å². The standard InChI is InChI=1S/C58H42N3O2.Pt/c1-37-25-30-51(47(33-37)39-15-6-4-7-16-39)61-52-22-14-21-44(55(52)60-57(61)46-20-10-12-23-53(46)62)41-34-48-45-19-11-13-24-54(45)63-56(48)49(35-41)50-36-40(31-32-59-50)38-26-28-43(29-27-38)58(2,3)42-17-8-5-9-18-42;/h4-34,36,62H,1-3H3;/q-1;/i1D3;. The van der Waals surface area contributed by atoms with E-state index >= 15 is 0 Å². The van der Waals surface area contributed by atoms with Crippen molar-refractivity contribution in [2.45, 2.75) is 26.1 Å². The number of furan rings is 1. The van der Waals surface area contributed by atoms with E-state index in [-0.39, 0.29) is 37.8 Å². The number of benzene rings is 8.